The summed E-state index contributed by atoms with van der Waals surface area (Å²) in [5.41, 5.74) is 0. The van der Waals surface area contributed by atoms with Crippen molar-refractivity contribution >= 4 is 5.91 Å². The van der Waals surface area contributed by atoms with Gasteiger partial charge >= 0.3 is 5.91 Å². The van der Waals surface area contributed by atoms with Gasteiger partial charge in [0.05, 0.1) is 13.0 Å². The van der Waals surface area contributed by atoms with Gasteiger partial charge in [0.2, 0.25) is 0 Å². The zero-order chi connectivity index (χ0) is 9.23. The number of unbranched alkanes of at least 4 members (excludes halogenated alkanes) is 3. The molecule has 0 radical (unpaired) electrons. The molecule has 0 saturated heterocycles. The number of carbonyl (C=O) groups is 1. The van der Waals surface area contributed by atoms with E-state index in [1.807, 2.05) is 5.32 Å². The van der Waals surface area contributed by atoms with E-state index < -0.39 is 0 Å². The van der Waals surface area contributed by atoms with Crippen LogP contribution in [0.3, 0.4) is 0 Å². The first-order chi connectivity index (χ1) is 5.81. The zero-order valence-corrected chi connectivity index (χ0v) is 9.57. The smallest absolute Gasteiger partial charge is 0.310 e. The SMILES string of the molecule is CCCCC[NH2+]C(=O)CCCC.[Cl-]. The van der Waals surface area contributed by atoms with Gasteiger partial charge in [-0.25, -0.2) is 4.79 Å². The molecule has 0 unspecified atom stereocenters. The molecule has 0 fully saturated rings. The highest BCUT2D eigenvalue weighted by Gasteiger charge is 2.02. The van der Waals surface area contributed by atoms with Crippen molar-refractivity contribution in [3.63, 3.8) is 0 Å². The maximum atomic E-state index is 11.1. The lowest BCUT2D eigenvalue weighted by Gasteiger charge is -1.97. The van der Waals surface area contributed by atoms with Gasteiger partial charge < -0.3 is 12.4 Å². The minimum atomic E-state index is 0. The number of quaternary nitrogens is 1. The minimum Gasteiger partial charge on any atom is -1.00 e. The summed E-state index contributed by atoms with van der Waals surface area (Å²) in [4.78, 5) is 11.1. The average molecular weight is 208 g/mol. The Balaban J connectivity index is 0. The van der Waals surface area contributed by atoms with Crippen LogP contribution in [-0.4, -0.2) is 12.5 Å². The Labute approximate surface area is 87.9 Å². The number of primary amides is 1. The second-order valence-electron chi connectivity index (χ2n) is 3.27. The predicted molar refractivity (Wildman–Crippen MR) is 50.8 cm³/mol. The molecule has 0 heterocycles. The number of halogens is 1. The molecule has 0 aromatic carbocycles. The van der Waals surface area contributed by atoms with E-state index >= 15 is 0 Å². The summed E-state index contributed by atoms with van der Waals surface area (Å²) in [5.74, 6) is 0.341. The van der Waals surface area contributed by atoms with Crippen LogP contribution in [-0.2, 0) is 4.79 Å². The van der Waals surface area contributed by atoms with Crippen molar-refractivity contribution in [2.24, 2.45) is 0 Å². The van der Waals surface area contributed by atoms with E-state index in [0.717, 1.165) is 25.8 Å². The average Bonchev–Trinajstić information content (AvgIpc) is 2.09. The highest BCUT2D eigenvalue weighted by atomic mass is 35.5. The highest BCUT2D eigenvalue weighted by molar-refractivity contribution is 5.65. The Morgan fingerprint density at radius 1 is 1.08 bits per heavy atom. The van der Waals surface area contributed by atoms with E-state index in [-0.39, 0.29) is 12.4 Å². The zero-order valence-electron chi connectivity index (χ0n) is 8.81. The van der Waals surface area contributed by atoms with E-state index in [2.05, 4.69) is 13.8 Å². The first-order valence-corrected chi connectivity index (χ1v) is 5.17. The van der Waals surface area contributed by atoms with Gasteiger partial charge in [-0.3, -0.25) is 5.32 Å². The Kier molecular flexibility index (Phi) is 14.1. The van der Waals surface area contributed by atoms with Crippen LogP contribution >= 0.6 is 0 Å². The van der Waals surface area contributed by atoms with E-state index in [4.69, 9.17) is 0 Å². The van der Waals surface area contributed by atoms with Crippen LogP contribution in [0.1, 0.15) is 52.4 Å². The molecule has 3 heteroatoms. The first-order valence-electron chi connectivity index (χ1n) is 5.17. The van der Waals surface area contributed by atoms with Crippen LogP contribution in [0.2, 0.25) is 0 Å². The summed E-state index contributed by atoms with van der Waals surface area (Å²) in [6, 6.07) is 0. The quantitative estimate of drug-likeness (QED) is 0.505. The van der Waals surface area contributed by atoms with Crippen molar-refractivity contribution in [3.8, 4) is 0 Å². The number of nitrogens with two attached hydrogens (primary N) is 1. The lowest BCUT2D eigenvalue weighted by Crippen LogP contribution is -3.00. The van der Waals surface area contributed by atoms with Gasteiger partial charge in [-0.15, -0.1) is 0 Å². The third-order valence-electron chi connectivity index (χ3n) is 1.96. The molecule has 2 N–H and O–H groups in total. The Morgan fingerprint density at radius 2 is 1.69 bits per heavy atom. The molecule has 0 rings (SSSR count). The summed E-state index contributed by atoms with van der Waals surface area (Å²) < 4.78 is 0. The van der Waals surface area contributed by atoms with Crippen molar-refractivity contribution in [2.45, 2.75) is 52.4 Å². The van der Waals surface area contributed by atoms with Gasteiger partial charge in [0.25, 0.3) is 0 Å². The fourth-order valence-corrected chi connectivity index (χ4v) is 1.11. The fraction of sp³-hybridized carbons (Fsp3) is 0.900. The third-order valence-corrected chi connectivity index (χ3v) is 1.96. The Bertz CT molecular complexity index is 117. The monoisotopic (exact) mass is 207 g/mol. The number of carbonyl (C=O) groups excluding carboxylic acids is 1. The summed E-state index contributed by atoms with van der Waals surface area (Å²) >= 11 is 0. The molecule has 0 aliphatic carbocycles. The minimum absolute atomic E-state index is 0. The van der Waals surface area contributed by atoms with Gasteiger partial charge in [-0.1, -0.05) is 26.7 Å². The van der Waals surface area contributed by atoms with Crippen LogP contribution in [0.4, 0.5) is 0 Å². The normalized spacial score (nSPS) is 9.38. The summed E-state index contributed by atoms with van der Waals surface area (Å²) in [6.07, 6.45) is 6.57. The second-order valence-corrected chi connectivity index (χ2v) is 3.27. The Morgan fingerprint density at radius 3 is 2.23 bits per heavy atom. The molecular weight excluding hydrogens is 186 g/mol. The van der Waals surface area contributed by atoms with Crippen molar-refractivity contribution in [2.75, 3.05) is 6.54 Å². The van der Waals surface area contributed by atoms with Crippen molar-refractivity contribution in [1.82, 2.24) is 0 Å². The van der Waals surface area contributed by atoms with Crippen molar-refractivity contribution in [3.05, 3.63) is 0 Å². The predicted octanol–water partition coefficient (Wildman–Crippen LogP) is -1.54. The highest BCUT2D eigenvalue weighted by Crippen LogP contribution is 1.91. The van der Waals surface area contributed by atoms with Gasteiger partial charge in [0, 0.05) is 0 Å². The number of hydrogen-bond acceptors (Lipinski definition) is 1. The topological polar surface area (TPSA) is 33.7 Å². The molecule has 0 aromatic rings. The number of rotatable bonds is 7. The molecule has 0 atom stereocenters. The lowest BCUT2D eigenvalue weighted by molar-refractivity contribution is -0.569. The van der Waals surface area contributed by atoms with E-state index in [9.17, 15) is 4.79 Å². The molecule has 0 spiro atoms. The summed E-state index contributed by atoms with van der Waals surface area (Å²) in [7, 11) is 0. The molecule has 0 bridgehead atoms. The van der Waals surface area contributed by atoms with E-state index in [1.54, 1.807) is 0 Å². The van der Waals surface area contributed by atoms with Crippen molar-refractivity contribution in [1.29, 1.82) is 0 Å². The van der Waals surface area contributed by atoms with Crippen LogP contribution in [0, 0.1) is 0 Å². The molecule has 0 saturated carbocycles. The maximum Gasteiger partial charge on any atom is 0.310 e. The number of hydrogen-bond donors (Lipinski definition) is 1. The Hall–Kier alpha value is -0.0800. The standard InChI is InChI=1S/C10H21NO.ClH/c1-3-5-7-9-11-10(12)8-6-4-2;/h3-9H2,1-2H3,(H,11,12);1H. The van der Waals surface area contributed by atoms with Gasteiger partial charge in [0.15, 0.2) is 0 Å². The number of amides is 1. The van der Waals surface area contributed by atoms with Crippen LogP contribution in [0.5, 0.6) is 0 Å². The summed E-state index contributed by atoms with van der Waals surface area (Å²) in [6.45, 7) is 5.28. The molecule has 13 heavy (non-hydrogen) atoms. The third kappa shape index (κ3) is 11.9. The molecule has 0 aliphatic heterocycles. The largest absolute Gasteiger partial charge is 1.00 e. The molecule has 0 aromatic heterocycles. The molecule has 1 amide bonds. The van der Waals surface area contributed by atoms with Crippen LogP contribution < -0.4 is 17.7 Å². The second kappa shape index (κ2) is 11.9. The van der Waals surface area contributed by atoms with Gasteiger partial charge in [-0.2, -0.15) is 0 Å². The van der Waals surface area contributed by atoms with Crippen LogP contribution in [0.25, 0.3) is 0 Å². The van der Waals surface area contributed by atoms with Crippen molar-refractivity contribution < 1.29 is 22.5 Å². The van der Waals surface area contributed by atoms with Crippen LogP contribution in [0.15, 0.2) is 0 Å². The first kappa shape index (κ1) is 15.4. The summed E-state index contributed by atoms with van der Waals surface area (Å²) in [5, 5.41) is 1.87. The molecular formula is C10H22ClNO. The van der Waals surface area contributed by atoms with Gasteiger partial charge in [0.1, 0.15) is 0 Å². The molecule has 2 nitrogen and oxygen atoms in total. The molecule has 0 aliphatic rings. The van der Waals surface area contributed by atoms with E-state index in [1.165, 1.54) is 19.3 Å². The molecule has 80 valence electrons. The maximum absolute atomic E-state index is 11.1. The lowest BCUT2D eigenvalue weighted by atomic mass is 10.2. The van der Waals surface area contributed by atoms with Gasteiger partial charge in [-0.05, 0) is 19.3 Å². The van der Waals surface area contributed by atoms with E-state index in [0.29, 0.717) is 5.91 Å². The fourth-order valence-electron chi connectivity index (χ4n) is 1.11.